The molecule has 2 amide bonds. The summed E-state index contributed by atoms with van der Waals surface area (Å²) >= 11 is 0. The van der Waals surface area contributed by atoms with E-state index >= 15 is 0 Å². The molecule has 4 aromatic rings. The topological polar surface area (TPSA) is 113 Å². The predicted molar refractivity (Wildman–Crippen MR) is 132 cm³/mol. The number of fused-ring (bicyclic) bond motifs is 1. The Morgan fingerprint density at radius 3 is 2.14 bits per heavy atom. The van der Waals surface area contributed by atoms with Gasteiger partial charge in [-0.3, -0.25) is 25.1 Å². The van der Waals surface area contributed by atoms with E-state index in [9.17, 15) is 24.8 Å². The van der Waals surface area contributed by atoms with Crippen LogP contribution in [-0.2, 0) is 6.42 Å². The van der Waals surface area contributed by atoms with Crippen LogP contribution in [0.25, 0.3) is 10.8 Å². The van der Waals surface area contributed by atoms with Crippen LogP contribution in [-0.4, -0.2) is 39.5 Å². The molecule has 0 aliphatic heterocycles. The van der Waals surface area contributed by atoms with Crippen LogP contribution in [0, 0.1) is 10.1 Å². The number of carbonyl (C=O) groups excluding carboxylic acids is 2. The third-order valence-electron chi connectivity index (χ3n) is 5.67. The summed E-state index contributed by atoms with van der Waals surface area (Å²) in [4.78, 5) is 37.0. The normalized spacial score (nSPS) is 11.6. The monoisotopic (exact) mass is 469 g/mol. The molecule has 0 aromatic heterocycles. The summed E-state index contributed by atoms with van der Waals surface area (Å²) in [5, 5.41) is 24.1. The van der Waals surface area contributed by atoms with Gasteiger partial charge < -0.3 is 5.11 Å². The number of nitrogens with one attached hydrogen (secondary N) is 1. The van der Waals surface area contributed by atoms with Crippen molar-refractivity contribution in [2.45, 2.75) is 12.5 Å². The molecule has 0 spiro atoms. The van der Waals surface area contributed by atoms with E-state index in [1.165, 1.54) is 24.3 Å². The fourth-order valence-corrected chi connectivity index (χ4v) is 3.80. The zero-order valence-electron chi connectivity index (χ0n) is 18.7. The molecular weight excluding hydrogens is 446 g/mol. The number of non-ortho nitro benzene ring substituents is 1. The first kappa shape index (κ1) is 23.6. The van der Waals surface area contributed by atoms with Gasteiger partial charge in [-0.2, -0.15) is 0 Å². The minimum absolute atomic E-state index is 0.140. The first-order chi connectivity index (χ1) is 17.0. The SMILES string of the molecule is O=C(NN(C(=O)c1ccc([N+](=O)[O-])cc1)[C@H](CO)Cc1ccccc1)c1ccc2ccccc2c1. The zero-order chi connectivity index (χ0) is 24.8. The quantitative estimate of drug-likeness (QED) is 0.312. The van der Waals surface area contributed by atoms with Crippen molar-refractivity contribution in [1.82, 2.24) is 10.4 Å². The molecule has 0 aliphatic carbocycles. The Morgan fingerprint density at radius 1 is 0.857 bits per heavy atom. The molecule has 0 fully saturated rings. The van der Waals surface area contributed by atoms with E-state index in [4.69, 9.17) is 0 Å². The van der Waals surface area contributed by atoms with Gasteiger partial charge in [0.25, 0.3) is 17.5 Å². The van der Waals surface area contributed by atoms with Gasteiger partial charge in [0.05, 0.1) is 17.6 Å². The van der Waals surface area contributed by atoms with Gasteiger partial charge in [0.1, 0.15) is 0 Å². The molecule has 0 saturated heterocycles. The fourth-order valence-electron chi connectivity index (χ4n) is 3.80. The van der Waals surface area contributed by atoms with E-state index in [0.29, 0.717) is 5.56 Å². The second-order valence-electron chi connectivity index (χ2n) is 8.01. The lowest BCUT2D eigenvalue weighted by atomic mass is 10.0. The second-order valence-corrected chi connectivity index (χ2v) is 8.01. The number of benzene rings is 4. The second kappa shape index (κ2) is 10.6. The summed E-state index contributed by atoms with van der Waals surface area (Å²) in [5.41, 5.74) is 3.86. The molecule has 0 aliphatic rings. The van der Waals surface area contributed by atoms with E-state index in [1.54, 1.807) is 12.1 Å². The standard InChI is InChI=1S/C27H23N3O5/c31-18-25(16-19-6-2-1-3-7-19)29(27(33)21-12-14-24(15-13-21)30(34)35)28-26(32)23-11-10-20-8-4-5-9-22(20)17-23/h1-15,17,25,31H,16,18H2,(H,28,32)/t25-/m0/s1. The molecule has 8 heteroatoms. The van der Waals surface area contributed by atoms with Crippen LogP contribution >= 0.6 is 0 Å². The number of nitrogens with zero attached hydrogens (tertiary/aromatic N) is 2. The average Bonchev–Trinajstić information content (AvgIpc) is 2.90. The molecule has 4 aromatic carbocycles. The van der Waals surface area contributed by atoms with Crippen molar-refractivity contribution < 1.29 is 19.6 Å². The highest BCUT2D eigenvalue weighted by atomic mass is 16.6. The Hall–Kier alpha value is -4.56. The Bertz CT molecular complexity index is 1360. The van der Waals surface area contributed by atoms with E-state index in [1.807, 2.05) is 60.7 Å². The van der Waals surface area contributed by atoms with Gasteiger partial charge in [-0.1, -0.05) is 60.7 Å². The van der Waals surface area contributed by atoms with Gasteiger partial charge in [-0.25, -0.2) is 5.01 Å². The van der Waals surface area contributed by atoms with E-state index < -0.39 is 29.4 Å². The van der Waals surface area contributed by atoms with Crippen LogP contribution in [0.5, 0.6) is 0 Å². The minimum atomic E-state index is -0.774. The van der Waals surface area contributed by atoms with E-state index in [0.717, 1.165) is 21.3 Å². The molecular formula is C27H23N3O5. The number of nitro benzene ring substituents is 1. The summed E-state index contributed by atoms with van der Waals surface area (Å²) in [7, 11) is 0. The summed E-state index contributed by atoms with van der Waals surface area (Å²) in [6.45, 7) is -0.411. The lowest BCUT2D eigenvalue weighted by molar-refractivity contribution is -0.384. The van der Waals surface area contributed by atoms with E-state index in [-0.39, 0.29) is 17.7 Å². The number of aliphatic hydroxyl groups excluding tert-OH is 1. The number of hydrogen-bond donors (Lipinski definition) is 2. The van der Waals surface area contributed by atoms with Gasteiger partial charge in [0, 0.05) is 23.3 Å². The highest BCUT2D eigenvalue weighted by molar-refractivity contribution is 6.01. The van der Waals surface area contributed by atoms with Gasteiger partial charge in [-0.05, 0) is 47.0 Å². The largest absolute Gasteiger partial charge is 0.394 e. The molecule has 0 saturated carbocycles. The van der Waals surface area contributed by atoms with Crippen molar-refractivity contribution in [2.24, 2.45) is 0 Å². The number of hydrazine groups is 1. The lowest BCUT2D eigenvalue weighted by Gasteiger charge is -2.31. The molecule has 8 nitrogen and oxygen atoms in total. The molecule has 1 atom stereocenters. The van der Waals surface area contributed by atoms with Crippen molar-refractivity contribution in [3.05, 3.63) is 124 Å². The molecule has 0 heterocycles. The highest BCUT2D eigenvalue weighted by Gasteiger charge is 2.27. The summed E-state index contributed by atoms with van der Waals surface area (Å²) < 4.78 is 0. The fraction of sp³-hybridized carbons (Fsp3) is 0.111. The minimum Gasteiger partial charge on any atom is -0.394 e. The summed E-state index contributed by atoms with van der Waals surface area (Å²) in [6, 6.07) is 26.4. The van der Waals surface area contributed by atoms with Crippen LogP contribution in [0.1, 0.15) is 26.3 Å². The molecule has 35 heavy (non-hydrogen) atoms. The number of carbonyl (C=O) groups is 2. The van der Waals surface area contributed by atoms with Crippen molar-refractivity contribution in [3.8, 4) is 0 Å². The van der Waals surface area contributed by atoms with Crippen LogP contribution < -0.4 is 5.43 Å². The molecule has 4 rings (SSSR count). The summed E-state index contributed by atoms with van der Waals surface area (Å²) in [5.74, 6) is -1.11. The number of aliphatic hydroxyl groups is 1. The molecule has 2 N–H and O–H groups in total. The van der Waals surface area contributed by atoms with Gasteiger partial charge in [0.2, 0.25) is 0 Å². The summed E-state index contributed by atoms with van der Waals surface area (Å²) in [6.07, 6.45) is 0.286. The van der Waals surface area contributed by atoms with Gasteiger partial charge >= 0.3 is 0 Å². The number of hydrogen-bond acceptors (Lipinski definition) is 5. The molecule has 0 radical (unpaired) electrons. The third kappa shape index (κ3) is 5.51. The Balaban J connectivity index is 1.65. The van der Waals surface area contributed by atoms with Crippen LogP contribution in [0.4, 0.5) is 5.69 Å². The predicted octanol–water partition coefficient (Wildman–Crippen LogP) is 4.14. The maximum absolute atomic E-state index is 13.4. The lowest BCUT2D eigenvalue weighted by Crippen LogP contribution is -2.54. The van der Waals surface area contributed by atoms with Crippen LogP contribution in [0.3, 0.4) is 0 Å². The van der Waals surface area contributed by atoms with Gasteiger partial charge in [-0.15, -0.1) is 0 Å². The molecule has 176 valence electrons. The molecule has 0 bridgehead atoms. The smallest absolute Gasteiger partial charge is 0.272 e. The Morgan fingerprint density at radius 2 is 1.49 bits per heavy atom. The highest BCUT2D eigenvalue weighted by Crippen LogP contribution is 2.18. The van der Waals surface area contributed by atoms with Crippen molar-refractivity contribution in [3.63, 3.8) is 0 Å². The average molecular weight is 469 g/mol. The molecule has 0 unspecified atom stereocenters. The first-order valence-corrected chi connectivity index (χ1v) is 11.0. The number of amides is 2. The Kier molecular flexibility index (Phi) is 7.13. The van der Waals surface area contributed by atoms with Crippen molar-refractivity contribution >= 4 is 28.3 Å². The van der Waals surface area contributed by atoms with Crippen molar-refractivity contribution in [2.75, 3.05) is 6.61 Å². The maximum atomic E-state index is 13.4. The first-order valence-electron chi connectivity index (χ1n) is 11.0. The number of rotatable bonds is 7. The van der Waals surface area contributed by atoms with Crippen LogP contribution in [0.2, 0.25) is 0 Å². The Labute approximate surface area is 201 Å². The van der Waals surface area contributed by atoms with E-state index in [2.05, 4.69) is 5.43 Å². The van der Waals surface area contributed by atoms with Gasteiger partial charge in [0.15, 0.2) is 0 Å². The maximum Gasteiger partial charge on any atom is 0.272 e. The zero-order valence-corrected chi connectivity index (χ0v) is 18.7. The van der Waals surface area contributed by atoms with Crippen molar-refractivity contribution in [1.29, 1.82) is 0 Å². The number of nitro groups is 1. The third-order valence-corrected chi connectivity index (χ3v) is 5.67. The van der Waals surface area contributed by atoms with Crippen LogP contribution in [0.15, 0.2) is 97.1 Å².